The highest BCUT2D eigenvalue weighted by molar-refractivity contribution is 7.18. The maximum absolute atomic E-state index is 12.9. The lowest BCUT2D eigenvalue weighted by Gasteiger charge is -2.15. The van der Waals surface area contributed by atoms with Gasteiger partial charge in [0.15, 0.2) is 0 Å². The first kappa shape index (κ1) is 17.0. The summed E-state index contributed by atoms with van der Waals surface area (Å²) in [5, 5.41) is 23.4. The number of carbonyl (C=O) groups excluding carboxylic acids is 1. The van der Waals surface area contributed by atoms with Gasteiger partial charge in [0.05, 0.1) is 0 Å². The van der Waals surface area contributed by atoms with Crippen molar-refractivity contribution in [1.29, 1.82) is 0 Å². The summed E-state index contributed by atoms with van der Waals surface area (Å²) in [6.45, 7) is 0. The second-order valence-electron chi connectivity index (χ2n) is 5.76. The molecule has 0 aliphatic rings. The lowest BCUT2D eigenvalue weighted by molar-refractivity contribution is -0.119. The first-order valence-electron chi connectivity index (χ1n) is 8.26. The maximum atomic E-state index is 12.9. The average molecular weight is 377 g/mol. The summed E-state index contributed by atoms with van der Waals surface area (Å²) in [4.78, 5) is 12.9. The molecule has 0 saturated heterocycles. The van der Waals surface area contributed by atoms with E-state index < -0.39 is 6.04 Å². The molecule has 134 valence electrons. The molecule has 1 atom stereocenters. The number of rotatable bonds is 6. The fourth-order valence-corrected chi connectivity index (χ4v) is 3.37. The van der Waals surface area contributed by atoms with E-state index in [-0.39, 0.29) is 5.91 Å². The molecule has 0 spiro atoms. The Labute approximate surface area is 158 Å². The summed E-state index contributed by atoms with van der Waals surface area (Å²) in [6.07, 6.45) is 1.89. The predicted octanol–water partition coefficient (Wildman–Crippen LogP) is 2.61. The molecule has 0 aliphatic heterocycles. The van der Waals surface area contributed by atoms with Crippen LogP contribution in [0.4, 0.5) is 5.13 Å². The summed E-state index contributed by atoms with van der Waals surface area (Å²) in [6, 6.07) is 18.8. The van der Waals surface area contributed by atoms with E-state index in [0.717, 1.165) is 16.1 Å². The zero-order chi connectivity index (χ0) is 18.5. The van der Waals surface area contributed by atoms with Crippen molar-refractivity contribution in [3.8, 4) is 10.6 Å². The van der Waals surface area contributed by atoms with Crippen molar-refractivity contribution in [2.45, 2.75) is 12.5 Å². The first-order chi connectivity index (χ1) is 13.3. The average Bonchev–Trinajstić information content (AvgIpc) is 3.40. The molecule has 0 aliphatic carbocycles. The topological polar surface area (TPSA) is 98.5 Å². The van der Waals surface area contributed by atoms with Gasteiger partial charge in [-0.2, -0.15) is 0 Å². The van der Waals surface area contributed by atoms with Crippen LogP contribution in [0.5, 0.6) is 0 Å². The molecule has 2 heterocycles. The Bertz CT molecular complexity index is 1000. The number of anilines is 1. The predicted molar refractivity (Wildman–Crippen MR) is 101 cm³/mol. The summed E-state index contributed by atoms with van der Waals surface area (Å²) in [7, 11) is 0. The molecule has 4 aromatic rings. The van der Waals surface area contributed by atoms with Gasteiger partial charge < -0.3 is 0 Å². The van der Waals surface area contributed by atoms with Gasteiger partial charge in [0.1, 0.15) is 17.4 Å². The van der Waals surface area contributed by atoms with E-state index in [1.807, 2.05) is 60.7 Å². The quantitative estimate of drug-likeness (QED) is 0.555. The van der Waals surface area contributed by atoms with Gasteiger partial charge in [-0.15, -0.1) is 15.3 Å². The normalized spacial score (nSPS) is 11.9. The van der Waals surface area contributed by atoms with E-state index in [4.69, 9.17) is 0 Å². The van der Waals surface area contributed by atoms with Gasteiger partial charge in [-0.1, -0.05) is 72.0 Å². The monoisotopic (exact) mass is 377 g/mol. The lowest BCUT2D eigenvalue weighted by Crippen LogP contribution is -2.28. The molecule has 8 nitrogen and oxygen atoms in total. The fraction of sp³-hybridized carbons (Fsp3) is 0.111. The Morgan fingerprint density at radius 3 is 2.48 bits per heavy atom. The molecule has 27 heavy (non-hydrogen) atoms. The minimum atomic E-state index is -0.591. The van der Waals surface area contributed by atoms with E-state index in [1.165, 1.54) is 22.3 Å². The largest absolute Gasteiger partial charge is 0.299 e. The molecular weight excluding hydrogens is 362 g/mol. The van der Waals surface area contributed by atoms with Crippen LogP contribution in [0.1, 0.15) is 11.6 Å². The van der Waals surface area contributed by atoms with Crippen molar-refractivity contribution in [2.75, 3.05) is 5.32 Å². The number of aromatic nitrogens is 6. The molecule has 1 amide bonds. The van der Waals surface area contributed by atoms with Crippen LogP contribution in [0, 0.1) is 0 Å². The van der Waals surface area contributed by atoms with Crippen LogP contribution in [-0.4, -0.2) is 36.3 Å². The number of hydrogen-bond acceptors (Lipinski definition) is 7. The Morgan fingerprint density at radius 1 is 1.04 bits per heavy atom. The van der Waals surface area contributed by atoms with Crippen LogP contribution in [0.3, 0.4) is 0 Å². The Morgan fingerprint density at radius 2 is 1.78 bits per heavy atom. The van der Waals surface area contributed by atoms with Crippen LogP contribution in [-0.2, 0) is 11.2 Å². The number of carbonyl (C=O) groups is 1. The highest BCUT2D eigenvalue weighted by Gasteiger charge is 2.23. The molecule has 0 fully saturated rings. The van der Waals surface area contributed by atoms with Crippen LogP contribution in [0.2, 0.25) is 0 Å². The molecule has 9 heteroatoms. The summed E-state index contributed by atoms with van der Waals surface area (Å²) in [5.74, 6) is -0.248. The van der Waals surface area contributed by atoms with E-state index in [2.05, 4.69) is 31.0 Å². The van der Waals surface area contributed by atoms with Crippen molar-refractivity contribution < 1.29 is 4.79 Å². The Balaban J connectivity index is 1.53. The molecule has 0 radical (unpaired) electrons. The molecule has 0 bridgehead atoms. The summed E-state index contributed by atoms with van der Waals surface area (Å²) >= 11 is 1.32. The maximum Gasteiger partial charge on any atom is 0.251 e. The van der Waals surface area contributed by atoms with Crippen molar-refractivity contribution in [1.82, 2.24) is 30.4 Å². The number of nitrogens with one attached hydrogen (secondary N) is 1. The third-order valence-corrected chi connectivity index (χ3v) is 4.82. The third kappa shape index (κ3) is 4.04. The van der Waals surface area contributed by atoms with Crippen LogP contribution in [0.25, 0.3) is 10.6 Å². The number of nitrogens with zero attached hydrogens (tertiary/aromatic N) is 6. The standard InChI is InChI=1S/C18H15N7OS/c26-16(20-18-22-21-17(27-18)14-9-5-2-6-10-14)15(25-12-19-23-24-25)11-13-7-3-1-4-8-13/h1-10,12,15H,11H2,(H,20,22,26). The van der Waals surface area contributed by atoms with Crippen molar-refractivity contribution in [3.05, 3.63) is 72.6 Å². The van der Waals surface area contributed by atoms with Crippen LogP contribution < -0.4 is 5.32 Å². The lowest BCUT2D eigenvalue weighted by atomic mass is 10.1. The van der Waals surface area contributed by atoms with Crippen LogP contribution >= 0.6 is 11.3 Å². The van der Waals surface area contributed by atoms with E-state index in [1.54, 1.807) is 0 Å². The van der Waals surface area contributed by atoms with Gasteiger partial charge in [-0.05, 0) is 16.0 Å². The minimum Gasteiger partial charge on any atom is -0.299 e. The molecule has 2 aromatic heterocycles. The van der Waals surface area contributed by atoms with Crippen molar-refractivity contribution in [2.24, 2.45) is 0 Å². The van der Waals surface area contributed by atoms with Gasteiger partial charge in [0.2, 0.25) is 5.13 Å². The highest BCUT2D eigenvalue weighted by Crippen LogP contribution is 2.26. The zero-order valence-electron chi connectivity index (χ0n) is 14.1. The number of benzene rings is 2. The molecule has 1 N–H and O–H groups in total. The smallest absolute Gasteiger partial charge is 0.251 e. The fourth-order valence-electron chi connectivity index (χ4n) is 2.61. The number of tetrazole rings is 1. The Hall–Kier alpha value is -3.46. The van der Waals surface area contributed by atoms with E-state index in [0.29, 0.717) is 11.6 Å². The van der Waals surface area contributed by atoms with Crippen molar-refractivity contribution in [3.63, 3.8) is 0 Å². The van der Waals surface area contributed by atoms with Gasteiger partial charge in [-0.3, -0.25) is 10.1 Å². The number of amides is 1. The zero-order valence-corrected chi connectivity index (χ0v) is 15.0. The number of hydrogen-bond donors (Lipinski definition) is 1. The molecule has 1 unspecified atom stereocenters. The van der Waals surface area contributed by atoms with Gasteiger partial charge >= 0.3 is 0 Å². The molecular formula is C18H15N7OS. The Kier molecular flexibility index (Phi) is 4.93. The van der Waals surface area contributed by atoms with Gasteiger partial charge in [0.25, 0.3) is 5.91 Å². The third-order valence-electron chi connectivity index (χ3n) is 3.93. The van der Waals surface area contributed by atoms with Gasteiger partial charge in [-0.25, -0.2) is 4.68 Å². The highest BCUT2D eigenvalue weighted by atomic mass is 32.1. The van der Waals surface area contributed by atoms with E-state index >= 15 is 0 Å². The van der Waals surface area contributed by atoms with Crippen molar-refractivity contribution >= 4 is 22.4 Å². The SMILES string of the molecule is O=C(Nc1nnc(-c2ccccc2)s1)C(Cc1ccccc1)n1cnnn1. The summed E-state index contributed by atoms with van der Waals surface area (Å²) in [5.41, 5.74) is 1.96. The van der Waals surface area contributed by atoms with Crippen LogP contribution in [0.15, 0.2) is 67.0 Å². The van der Waals surface area contributed by atoms with Gasteiger partial charge in [0, 0.05) is 12.0 Å². The second kappa shape index (κ2) is 7.83. The molecule has 0 saturated carbocycles. The minimum absolute atomic E-state index is 0.248. The molecule has 4 rings (SSSR count). The first-order valence-corrected chi connectivity index (χ1v) is 9.07. The summed E-state index contributed by atoms with van der Waals surface area (Å²) < 4.78 is 1.45. The van der Waals surface area contributed by atoms with E-state index in [9.17, 15) is 4.79 Å². The second-order valence-corrected chi connectivity index (χ2v) is 6.74. The molecule has 2 aromatic carbocycles.